The second kappa shape index (κ2) is 8.83. The molecule has 1 amide bonds. The fourth-order valence-corrected chi connectivity index (χ4v) is 1.76. The third-order valence-electron chi connectivity index (χ3n) is 2.82. The van der Waals surface area contributed by atoms with Crippen LogP contribution in [0, 0.1) is 5.82 Å². The summed E-state index contributed by atoms with van der Waals surface area (Å²) in [4.78, 5) is 38.0. The van der Waals surface area contributed by atoms with Gasteiger partial charge in [0.25, 0.3) is 0 Å². The van der Waals surface area contributed by atoms with Crippen LogP contribution in [-0.2, 0) is 9.59 Å². The van der Waals surface area contributed by atoms with E-state index in [1.165, 1.54) is 0 Å². The number of anilines is 1. The molecule has 0 saturated carbocycles. The first-order chi connectivity index (χ1) is 9.99. The van der Waals surface area contributed by atoms with Crippen LogP contribution in [0.4, 0.5) is 10.2 Å². The van der Waals surface area contributed by atoms with E-state index in [0.717, 1.165) is 25.5 Å². The largest absolute Gasteiger partial charge is 0.481 e. The Morgan fingerprint density at radius 3 is 2.48 bits per heavy atom. The van der Waals surface area contributed by atoms with Crippen LogP contribution in [0.15, 0.2) is 11.0 Å². The van der Waals surface area contributed by atoms with Gasteiger partial charge < -0.3 is 10.4 Å². The molecule has 0 unspecified atom stereocenters. The number of carboxylic acids is 1. The van der Waals surface area contributed by atoms with E-state index in [0.29, 0.717) is 12.8 Å². The number of rotatable bonds is 9. The van der Waals surface area contributed by atoms with E-state index >= 15 is 0 Å². The number of carbonyl (C=O) groups excluding carboxylic acids is 1. The first-order valence-electron chi connectivity index (χ1n) is 6.75. The number of unbranched alkanes of at least 4 members (excludes halogenated alkanes) is 4. The molecule has 0 bridgehead atoms. The molecular formula is C13H18FN3O4. The highest BCUT2D eigenvalue weighted by Crippen LogP contribution is 2.09. The maximum atomic E-state index is 13.2. The Bertz CT molecular complexity index is 544. The average molecular weight is 299 g/mol. The molecule has 8 heteroatoms. The summed E-state index contributed by atoms with van der Waals surface area (Å²) in [6.07, 6.45) is 4.82. The van der Waals surface area contributed by atoms with Gasteiger partial charge in [0.15, 0.2) is 11.6 Å². The van der Waals surface area contributed by atoms with Gasteiger partial charge in [0.05, 0.1) is 6.20 Å². The number of aliphatic carboxylic acids is 1. The Balaban J connectivity index is 2.18. The molecule has 1 rings (SSSR count). The van der Waals surface area contributed by atoms with Crippen molar-refractivity contribution in [3.8, 4) is 0 Å². The first-order valence-corrected chi connectivity index (χ1v) is 6.75. The van der Waals surface area contributed by atoms with Gasteiger partial charge >= 0.3 is 11.7 Å². The number of aromatic nitrogens is 2. The molecular weight excluding hydrogens is 281 g/mol. The van der Waals surface area contributed by atoms with Crippen LogP contribution in [0.5, 0.6) is 0 Å². The molecule has 0 fully saturated rings. The number of carbonyl (C=O) groups is 2. The lowest BCUT2D eigenvalue weighted by molar-refractivity contribution is -0.137. The van der Waals surface area contributed by atoms with Gasteiger partial charge in [-0.15, -0.1) is 0 Å². The minimum atomic E-state index is -0.803. The van der Waals surface area contributed by atoms with Crippen molar-refractivity contribution in [2.45, 2.75) is 44.9 Å². The monoisotopic (exact) mass is 299 g/mol. The van der Waals surface area contributed by atoms with Crippen molar-refractivity contribution in [2.24, 2.45) is 0 Å². The summed E-state index contributed by atoms with van der Waals surface area (Å²) in [7, 11) is 0. The van der Waals surface area contributed by atoms with Crippen LogP contribution in [0.1, 0.15) is 44.9 Å². The molecule has 1 aromatic rings. The van der Waals surface area contributed by atoms with Crippen LogP contribution < -0.4 is 11.0 Å². The summed E-state index contributed by atoms with van der Waals surface area (Å²) >= 11 is 0. The Morgan fingerprint density at radius 2 is 1.81 bits per heavy atom. The van der Waals surface area contributed by atoms with Crippen molar-refractivity contribution >= 4 is 17.7 Å². The fourth-order valence-electron chi connectivity index (χ4n) is 1.76. The molecule has 0 aliphatic heterocycles. The van der Waals surface area contributed by atoms with Crippen molar-refractivity contribution < 1.29 is 19.1 Å². The summed E-state index contributed by atoms with van der Waals surface area (Å²) in [6.45, 7) is 0. The lowest BCUT2D eigenvalue weighted by Crippen LogP contribution is -2.19. The van der Waals surface area contributed by atoms with E-state index in [1.54, 1.807) is 0 Å². The maximum Gasteiger partial charge on any atom is 0.346 e. The third-order valence-corrected chi connectivity index (χ3v) is 2.82. The molecule has 0 saturated heterocycles. The quantitative estimate of drug-likeness (QED) is 0.600. The smallest absolute Gasteiger partial charge is 0.346 e. The van der Waals surface area contributed by atoms with E-state index in [9.17, 15) is 18.8 Å². The first kappa shape index (κ1) is 16.8. The lowest BCUT2D eigenvalue weighted by atomic mass is 10.1. The van der Waals surface area contributed by atoms with Gasteiger partial charge in [-0.05, 0) is 12.8 Å². The molecule has 1 heterocycles. The number of aromatic amines is 1. The van der Waals surface area contributed by atoms with Crippen LogP contribution in [0.25, 0.3) is 0 Å². The van der Waals surface area contributed by atoms with Crippen LogP contribution in [0.3, 0.4) is 0 Å². The zero-order valence-electron chi connectivity index (χ0n) is 11.5. The minimum Gasteiger partial charge on any atom is -0.481 e. The number of halogens is 1. The normalized spacial score (nSPS) is 10.3. The van der Waals surface area contributed by atoms with Gasteiger partial charge in [0, 0.05) is 12.8 Å². The number of amides is 1. The number of nitrogens with zero attached hydrogens (tertiary/aromatic N) is 1. The van der Waals surface area contributed by atoms with Crippen molar-refractivity contribution in [2.75, 3.05) is 5.32 Å². The zero-order valence-corrected chi connectivity index (χ0v) is 11.5. The SMILES string of the molecule is O=C(O)CCCCCCCC(=O)Nc1[nH]c(=O)ncc1F. The standard InChI is InChI=1S/C13H18FN3O4/c14-9-8-15-13(21)17-12(9)16-10(18)6-4-2-1-3-5-7-11(19)20/h8H,1-7H2,(H,19,20)(H2,15,16,17,18,21). The predicted octanol–water partition coefficient (Wildman–Crippen LogP) is 1.66. The third kappa shape index (κ3) is 7.19. The molecule has 0 aliphatic rings. The highest BCUT2D eigenvalue weighted by molar-refractivity contribution is 5.89. The summed E-state index contributed by atoms with van der Waals surface area (Å²) in [6, 6.07) is 0. The van der Waals surface area contributed by atoms with Crippen molar-refractivity contribution in [1.29, 1.82) is 0 Å². The van der Waals surface area contributed by atoms with E-state index in [-0.39, 0.29) is 24.6 Å². The van der Waals surface area contributed by atoms with Crippen molar-refractivity contribution in [3.05, 3.63) is 22.5 Å². The molecule has 1 aromatic heterocycles. The molecule has 116 valence electrons. The molecule has 0 spiro atoms. The maximum absolute atomic E-state index is 13.2. The topological polar surface area (TPSA) is 112 Å². The predicted molar refractivity (Wildman–Crippen MR) is 73.4 cm³/mol. The second-order valence-electron chi connectivity index (χ2n) is 4.62. The van der Waals surface area contributed by atoms with Gasteiger partial charge in [-0.3, -0.25) is 14.6 Å². The van der Waals surface area contributed by atoms with Gasteiger partial charge in [-0.1, -0.05) is 19.3 Å². The lowest BCUT2D eigenvalue weighted by Gasteiger charge is -2.05. The van der Waals surface area contributed by atoms with Crippen LogP contribution in [-0.4, -0.2) is 27.0 Å². The number of nitrogens with one attached hydrogen (secondary N) is 2. The van der Waals surface area contributed by atoms with Crippen LogP contribution in [0.2, 0.25) is 0 Å². The molecule has 21 heavy (non-hydrogen) atoms. The van der Waals surface area contributed by atoms with E-state index < -0.39 is 17.5 Å². The van der Waals surface area contributed by atoms with Crippen LogP contribution >= 0.6 is 0 Å². The number of hydrogen-bond acceptors (Lipinski definition) is 4. The van der Waals surface area contributed by atoms with Gasteiger partial charge in [0.1, 0.15) is 0 Å². The van der Waals surface area contributed by atoms with Crippen molar-refractivity contribution in [1.82, 2.24) is 9.97 Å². The fraction of sp³-hybridized carbons (Fsp3) is 0.538. The minimum absolute atomic E-state index is 0.162. The average Bonchev–Trinajstić information content (AvgIpc) is 2.41. The number of carboxylic acid groups (broad SMARTS) is 1. The Hall–Kier alpha value is -2.25. The Labute approximate surface area is 120 Å². The van der Waals surface area contributed by atoms with Gasteiger partial charge in [-0.2, -0.15) is 4.98 Å². The summed E-state index contributed by atoms with van der Waals surface area (Å²) in [5, 5.41) is 10.7. The molecule has 0 atom stereocenters. The summed E-state index contributed by atoms with van der Waals surface area (Å²) in [5.74, 6) is -2.26. The second-order valence-corrected chi connectivity index (χ2v) is 4.62. The van der Waals surface area contributed by atoms with Gasteiger partial charge in [-0.25, -0.2) is 9.18 Å². The number of H-pyrrole nitrogens is 1. The Kier molecular flexibility index (Phi) is 7.06. The highest BCUT2D eigenvalue weighted by atomic mass is 19.1. The summed E-state index contributed by atoms with van der Waals surface area (Å²) in [5.41, 5.74) is -0.731. The van der Waals surface area contributed by atoms with E-state index in [2.05, 4.69) is 15.3 Å². The number of hydrogen-bond donors (Lipinski definition) is 3. The molecule has 0 aliphatic carbocycles. The van der Waals surface area contributed by atoms with E-state index in [1.807, 2.05) is 0 Å². The highest BCUT2D eigenvalue weighted by Gasteiger charge is 2.08. The molecule has 7 nitrogen and oxygen atoms in total. The zero-order chi connectivity index (χ0) is 15.7. The van der Waals surface area contributed by atoms with Crippen molar-refractivity contribution in [3.63, 3.8) is 0 Å². The molecule has 0 radical (unpaired) electrons. The van der Waals surface area contributed by atoms with E-state index in [4.69, 9.17) is 5.11 Å². The molecule has 0 aromatic carbocycles. The summed E-state index contributed by atoms with van der Waals surface area (Å²) < 4.78 is 13.2. The Morgan fingerprint density at radius 1 is 1.19 bits per heavy atom. The van der Waals surface area contributed by atoms with Gasteiger partial charge in [0.2, 0.25) is 5.91 Å². The molecule has 3 N–H and O–H groups in total.